The first-order chi connectivity index (χ1) is 15.3. The predicted octanol–water partition coefficient (Wildman–Crippen LogP) is 4.94. The van der Waals surface area contributed by atoms with Gasteiger partial charge in [-0.1, -0.05) is 29.8 Å². The molecule has 2 amide bonds. The number of thioether (sulfide) groups is 1. The minimum absolute atomic E-state index is 0.220. The van der Waals surface area contributed by atoms with Crippen LogP contribution in [0.15, 0.2) is 45.8 Å². The van der Waals surface area contributed by atoms with E-state index in [0.29, 0.717) is 33.0 Å². The van der Waals surface area contributed by atoms with Gasteiger partial charge in [-0.3, -0.25) is 14.5 Å². The Balaban J connectivity index is 1.84. The van der Waals surface area contributed by atoms with Crippen LogP contribution in [0.4, 0.5) is 4.79 Å². The Kier molecular flexibility index (Phi) is 7.98. The number of carbonyl (C=O) groups excluding carboxylic acids is 3. The molecular weight excluding hydrogens is 498 g/mol. The van der Waals surface area contributed by atoms with Crippen LogP contribution in [0.5, 0.6) is 11.5 Å². The van der Waals surface area contributed by atoms with Crippen LogP contribution in [-0.4, -0.2) is 42.3 Å². The summed E-state index contributed by atoms with van der Waals surface area (Å²) in [5, 5.41) is -0.315. The van der Waals surface area contributed by atoms with Crippen LogP contribution in [0.1, 0.15) is 23.6 Å². The van der Waals surface area contributed by atoms with Gasteiger partial charge in [-0.05, 0) is 70.9 Å². The van der Waals surface area contributed by atoms with E-state index in [9.17, 15) is 14.4 Å². The minimum Gasteiger partial charge on any atom is -0.490 e. The summed E-state index contributed by atoms with van der Waals surface area (Å²) in [5.41, 5.74) is 2.60. The van der Waals surface area contributed by atoms with E-state index in [1.807, 2.05) is 38.1 Å². The van der Waals surface area contributed by atoms with Crippen molar-refractivity contribution in [2.24, 2.45) is 0 Å². The fourth-order valence-electron chi connectivity index (χ4n) is 3.05. The molecule has 1 heterocycles. The second-order valence-electron chi connectivity index (χ2n) is 6.88. The first-order valence-electron chi connectivity index (χ1n) is 9.79. The largest absolute Gasteiger partial charge is 0.490 e. The molecule has 0 aromatic heterocycles. The van der Waals surface area contributed by atoms with E-state index in [2.05, 4.69) is 20.7 Å². The molecule has 0 saturated carbocycles. The van der Waals surface area contributed by atoms with Crippen molar-refractivity contribution >= 4 is 50.9 Å². The molecule has 9 heteroatoms. The van der Waals surface area contributed by atoms with Gasteiger partial charge in [-0.25, -0.2) is 4.79 Å². The van der Waals surface area contributed by atoms with E-state index in [0.717, 1.165) is 22.9 Å². The van der Waals surface area contributed by atoms with Crippen molar-refractivity contribution in [3.63, 3.8) is 0 Å². The zero-order valence-electron chi connectivity index (χ0n) is 17.8. The highest BCUT2D eigenvalue weighted by Gasteiger charge is 2.35. The Bertz CT molecular complexity index is 1080. The van der Waals surface area contributed by atoms with Gasteiger partial charge >= 0.3 is 5.97 Å². The van der Waals surface area contributed by atoms with E-state index in [-0.39, 0.29) is 24.3 Å². The highest BCUT2D eigenvalue weighted by molar-refractivity contribution is 9.10. The standard InChI is InChI=1S/C23H22BrNO6S/c1-4-30-18-10-16(9-17(24)21(18)31-13-20(26)29-3)11-19-22(27)25(23(28)32-19)12-15-7-5-6-14(2)8-15/h5-11H,4,12-13H2,1-3H3/b19-11-. The molecule has 3 rings (SSSR count). The maximum atomic E-state index is 12.9. The first-order valence-corrected chi connectivity index (χ1v) is 11.4. The topological polar surface area (TPSA) is 82.1 Å². The number of imide groups is 1. The summed E-state index contributed by atoms with van der Waals surface area (Å²) in [4.78, 5) is 38.3. The molecule has 0 bridgehead atoms. The lowest BCUT2D eigenvalue weighted by Gasteiger charge is -2.14. The van der Waals surface area contributed by atoms with Crippen LogP contribution in [0.2, 0.25) is 0 Å². The second-order valence-corrected chi connectivity index (χ2v) is 8.73. The Morgan fingerprint density at radius 2 is 1.97 bits per heavy atom. The molecule has 0 spiro atoms. The van der Waals surface area contributed by atoms with Crippen LogP contribution < -0.4 is 9.47 Å². The highest BCUT2D eigenvalue weighted by Crippen LogP contribution is 2.39. The summed E-state index contributed by atoms with van der Waals surface area (Å²) >= 11 is 4.32. The quantitative estimate of drug-likeness (QED) is 0.360. The van der Waals surface area contributed by atoms with E-state index < -0.39 is 5.97 Å². The fourth-order valence-corrected chi connectivity index (χ4v) is 4.46. The van der Waals surface area contributed by atoms with Crippen LogP contribution in [0.25, 0.3) is 6.08 Å². The molecule has 0 unspecified atom stereocenters. The molecule has 7 nitrogen and oxygen atoms in total. The Morgan fingerprint density at radius 1 is 1.19 bits per heavy atom. The summed E-state index contributed by atoms with van der Waals surface area (Å²) in [5.74, 6) is -0.120. The molecule has 32 heavy (non-hydrogen) atoms. The van der Waals surface area contributed by atoms with Crippen molar-refractivity contribution < 1.29 is 28.6 Å². The Morgan fingerprint density at radius 3 is 2.66 bits per heavy atom. The number of halogens is 1. The van der Waals surface area contributed by atoms with E-state index in [1.165, 1.54) is 12.0 Å². The third-order valence-electron chi connectivity index (χ3n) is 4.49. The zero-order valence-corrected chi connectivity index (χ0v) is 20.2. The van der Waals surface area contributed by atoms with Crippen LogP contribution in [-0.2, 0) is 20.9 Å². The molecule has 168 valence electrons. The lowest BCUT2D eigenvalue weighted by Crippen LogP contribution is -2.27. The molecular formula is C23H22BrNO6S. The lowest BCUT2D eigenvalue weighted by molar-refractivity contribution is -0.143. The third-order valence-corrected chi connectivity index (χ3v) is 5.98. The van der Waals surface area contributed by atoms with Gasteiger partial charge in [-0.2, -0.15) is 0 Å². The van der Waals surface area contributed by atoms with Crippen LogP contribution >= 0.6 is 27.7 Å². The smallest absolute Gasteiger partial charge is 0.343 e. The number of ether oxygens (including phenoxy) is 3. The number of hydrogen-bond donors (Lipinski definition) is 0. The maximum absolute atomic E-state index is 12.9. The summed E-state index contributed by atoms with van der Waals surface area (Å²) in [7, 11) is 1.28. The Labute approximate surface area is 198 Å². The predicted molar refractivity (Wildman–Crippen MR) is 126 cm³/mol. The minimum atomic E-state index is -0.522. The van der Waals surface area contributed by atoms with Crippen molar-refractivity contribution in [1.29, 1.82) is 0 Å². The van der Waals surface area contributed by atoms with Gasteiger partial charge in [-0.15, -0.1) is 0 Å². The summed E-state index contributed by atoms with van der Waals surface area (Å²) in [6, 6.07) is 11.1. The van der Waals surface area contributed by atoms with E-state index >= 15 is 0 Å². The number of carbonyl (C=O) groups is 3. The molecule has 1 aliphatic rings. The van der Waals surface area contributed by atoms with Crippen molar-refractivity contribution in [1.82, 2.24) is 4.90 Å². The summed E-state index contributed by atoms with van der Waals surface area (Å²) < 4.78 is 16.3. The van der Waals surface area contributed by atoms with Gasteiger partial charge in [0.25, 0.3) is 11.1 Å². The van der Waals surface area contributed by atoms with E-state index in [1.54, 1.807) is 18.2 Å². The fraction of sp³-hybridized carbons (Fsp3) is 0.261. The van der Waals surface area contributed by atoms with Crippen molar-refractivity contribution in [3.05, 3.63) is 62.5 Å². The summed E-state index contributed by atoms with van der Waals surface area (Å²) in [6.45, 7) is 4.10. The number of amides is 2. The Hall–Kier alpha value is -2.78. The molecule has 2 aromatic rings. The number of aryl methyl sites for hydroxylation is 1. The van der Waals surface area contributed by atoms with E-state index in [4.69, 9.17) is 9.47 Å². The van der Waals surface area contributed by atoms with Crippen molar-refractivity contribution in [2.45, 2.75) is 20.4 Å². The van der Waals surface area contributed by atoms with Crippen molar-refractivity contribution in [3.8, 4) is 11.5 Å². The number of esters is 1. The SMILES string of the molecule is CCOc1cc(/C=C2\SC(=O)N(Cc3cccc(C)c3)C2=O)cc(Br)c1OCC(=O)OC. The van der Waals surface area contributed by atoms with Gasteiger partial charge in [0.15, 0.2) is 18.1 Å². The van der Waals surface area contributed by atoms with Gasteiger partial charge < -0.3 is 14.2 Å². The van der Waals surface area contributed by atoms with Gasteiger partial charge in [0.05, 0.1) is 29.6 Å². The van der Waals surface area contributed by atoms with Gasteiger partial charge in [0.1, 0.15) is 0 Å². The lowest BCUT2D eigenvalue weighted by atomic mass is 10.1. The van der Waals surface area contributed by atoms with Crippen molar-refractivity contribution in [2.75, 3.05) is 20.3 Å². The zero-order chi connectivity index (χ0) is 23.3. The van der Waals surface area contributed by atoms with Crippen LogP contribution in [0.3, 0.4) is 0 Å². The molecule has 1 fully saturated rings. The molecule has 0 atom stereocenters. The second kappa shape index (κ2) is 10.7. The van der Waals surface area contributed by atoms with Crippen LogP contribution in [0, 0.1) is 6.92 Å². The highest BCUT2D eigenvalue weighted by atomic mass is 79.9. The number of benzene rings is 2. The number of hydrogen-bond acceptors (Lipinski definition) is 7. The normalized spacial score (nSPS) is 14.8. The number of rotatable bonds is 8. The number of methoxy groups -OCH3 is 1. The summed E-state index contributed by atoms with van der Waals surface area (Å²) in [6.07, 6.45) is 1.64. The number of nitrogens with zero attached hydrogens (tertiary/aromatic N) is 1. The van der Waals surface area contributed by atoms with Gasteiger partial charge in [0, 0.05) is 0 Å². The molecule has 0 aliphatic carbocycles. The maximum Gasteiger partial charge on any atom is 0.343 e. The molecule has 0 N–H and O–H groups in total. The average molecular weight is 520 g/mol. The molecule has 1 aliphatic heterocycles. The molecule has 1 saturated heterocycles. The monoisotopic (exact) mass is 519 g/mol. The third kappa shape index (κ3) is 5.72. The van der Waals surface area contributed by atoms with Gasteiger partial charge in [0.2, 0.25) is 0 Å². The average Bonchev–Trinajstić information content (AvgIpc) is 3.00. The first kappa shape index (κ1) is 23.9. The molecule has 0 radical (unpaired) electrons. The molecule has 2 aromatic carbocycles.